The second kappa shape index (κ2) is 21.7. The summed E-state index contributed by atoms with van der Waals surface area (Å²) in [5.41, 5.74) is 0. The van der Waals surface area contributed by atoms with E-state index in [0.717, 1.165) is 8.85 Å². The molecule has 0 aromatic heterocycles. The van der Waals surface area contributed by atoms with Crippen LogP contribution in [-0.4, -0.2) is 8.85 Å². The van der Waals surface area contributed by atoms with Crippen molar-refractivity contribution in [3.05, 3.63) is 0 Å². The molecule has 0 aromatic carbocycles. The number of hydrogen-bond acceptors (Lipinski definition) is 0. The molecule has 0 rings (SSSR count). The minimum atomic E-state index is 0. The summed E-state index contributed by atoms with van der Waals surface area (Å²) in [4.78, 5) is 0. The Hall–Kier alpha value is 1.76. The van der Waals surface area contributed by atoms with Crippen LogP contribution in [0.4, 0.5) is 0 Å². The Labute approximate surface area is 57.8 Å². The second-order valence-electron chi connectivity index (χ2n) is 0. The third kappa shape index (κ3) is 9.24. The molecule has 0 amide bonds. The molecule has 0 heterocycles. The van der Waals surface area contributed by atoms with E-state index in [0.29, 0.717) is 0 Å². The Bertz CT molecular complexity index is 8.00. The standard InChI is InChI=1S/Cr.Cu.Ni.H3Si/h;;;1H3. The van der Waals surface area contributed by atoms with E-state index in [1.807, 2.05) is 0 Å². The van der Waals surface area contributed by atoms with Crippen LogP contribution >= 0.6 is 0 Å². The SMILES string of the molecule is [Cr].[Ni].[SiH3][Cu]. The van der Waals surface area contributed by atoms with Gasteiger partial charge in [-0.25, -0.2) is 0 Å². The average molecular weight is 205 g/mol. The summed E-state index contributed by atoms with van der Waals surface area (Å²) in [7, 11) is 0.868. The molecular formula is H3CrCuNiSi. The zero-order valence-electron chi connectivity index (χ0n) is 2.03. The van der Waals surface area contributed by atoms with Crippen molar-refractivity contribution in [1.82, 2.24) is 0 Å². The van der Waals surface area contributed by atoms with E-state index in [9.17, 15) is 0 Å². The summed E-state index contributed by atoms with van der Waals surface area (Å²) in [6, 6.07) is 0. The first kappa shape index (κ1) is 17.1. The van der Waals surface area contributed by atoms with Crippen molar-refractivity contribution < 1.29 is 49.2 Å². The number of hydrogen-bond donors (Lipinski definition) is 0. The summed E-state index contributed by atoms with van der Waals surface area (Å²) in [6.45, 7) is 0. The van der Waals surface area contributed by atoms with E-state index in [1.54, 1.807) is 0 Å². The molecule has 0 atom stereocenters. The van der Waals surface area contributed by atoms with Crippen molar-refractivity contribution in [2.45, 2.75) is 0 Å². The van der Waals surface area contributed by atoms with Crippen LogP contribution in [0.15, 0.2) is 0 Å². The van der Waals surface area contributed by atoms with Gasteiger partial charge in [-0.15, -0.1) is 0 Å². The van der Waals surface area contributed by atoms with E-state index < -0.39 is 0 Å². The van der Waals surface area contributed by atoms with Gasteiger partial charge in [0.25, 0.3) is 0 Å². The van der Waals surface area contributed by atoms with Gasteiger partial charge in [0.2, 0.25) is 0 Å². The Morgan fingerprint density at radius 1 is 1.25 bits per heavy atom. The monoisotopic (exact) mass is 204 g/mol. The van der Waals surface area contributed by atoms with E-state index >= 15 is 0 Å². The topological polar surface area (TPSA) is 0 Å². The van der Waals surface area contributed by atoms with Crippen molar-refractivity contribution >= 4 is 8.85 Å². The number of rotatable bonds is 0. The molecule has 4 heteroatoms. The molecule has 0 aliphatic rings. The molecule has 0 nitrogen and oxygen atoms in total. The van der Waals surface area contributed by atoms with Crippen molar-refractivity contribution in [3.63, 3.8) is 0 Å². The van der Waals surface area contributed by atoms with Gasteiger partial charge < -0.3 is 0 Å². The van der Waals surface area contributed by atoms with Crippen molar-refractivity contribution in [2.24, 2.45) is 0 Å². The fraction of sp³-hybridized carbons (Fsp3) is 0. The molecule has 0 aliphatic heterocycles. The maximum atomic E-state index is 4.33. The summed E-state index contributed by atoms with van der Waals surface area (Å²) >= 11 is 4.33. The molecule has 0 fully saturated rings. The van der Waals surface area contributed by atoms with Gasteiger partial charge in [-0.05, 0) is 0 Å². The molecule has 0 spiro atoms. The molecule has 0 saturated carbocycles. The normalized spacial score (nSPS) is 2.50. The molecule has 4 heavy (non-hydrogen) atoms. The average Bonchev–Trinajstić information content (AvgIpc) is 1.00. The van der Waals surface area contributed by atoms with Crippen LogP contribution in [0.3, 0.4) is 0 Å². The molecule has 0 bridgehead atoms. The van der Waals surface area contributed by atoms with E-state index in [1.165, 1.54) is 0 Å². The zero-order chi connectivity index (χ0) is 2.00. The zero-order valence-corrected chi connectivity index (χ0v) is 7.23. The van der Waals surface area contributed by atoms with Gasteiger partial charge in [0, 0.05) is 33.9 Å². The third-order valence-corrected chi connectivity index (χ3v) is 0. The predicted molar refractivity (Wildman–Crippen MR) is 9.94 cm³/mol. The van der Waals surface area contributed by atoms with Crippen LogP contribution in [0.25, 0.3) is 0 Å². The van der Waals surface area contributed by atoms with Gasteiger partial charge in [0.05, 0.1) is 0 Å². The quantitative estimate of drug-likeness (QED) is 0.436. The molecule has 34 valence electrons. The first-order valence-corrected chi connectivity index (χ1v) is 3.73. The summed E-state index contributed by atoms with van der Waals surface area (Å²) in [6.07, 6.45) is 0. The first-order chi connectivity index (χ1) is 1.00. The van der Waals surface area contributed by atoms with E-state index in [2.05, 4.69) is 15.4 Å². The van der Waals surface area contributed by atoms with Gasteiger partial charge in [-0.1, -0.05) is 0 Å². The summed E-state index contributed by atoms with van der Waals surface area (Å²) < 4.78 is 0. The Balaban J connectivity index is -0.00000000500. The minimum absolute atomic E-state index is 0. The van der Waals surface area contributed by atoms with Crippen molar-refractivity contribution in [2.75, 3.05) is 0 Å². The van der Waals surface area contributed by atoms with Crippen LogP contribution in [0, 0.1) is 0 Å². The fourth-order valence-corrected chi connectivity index (χ4v) is 0. The van der Waals surface area contributed by atoms with E-state index in [-0.39, 0.29) is 33.9 Å². The molecule has 0 radical (unpaired) electrons. The fourth-order valence-electron chi connectivity index (χ4n) is 0. The van der Waals surface area contributed by atoms with Gasteiger partial charge >= 0.3 is 24.2 Å². The first-order valence-electron chi connectivity index (χ1n) is 0.302. The summed E-state index contributed by atoms with van der Waals surface area (Å²) in [5.74, 6) is 0. The van der Waals surface area contributed by atoms with Crippen LogP contribution in [0.1, 0.15) is 0 Å². The van der Waals surface area contributed by atoms with Gasteiger partial charge in [-0.3, -0.25) is 0 Å². The maximum absolute atomic E-state index is 4.33. The van der Waals surface area contributed by atoms with Crippen LogP contribution in [-0.2, 0) is 49.2 Å². The van der Waals surface area contributed by atoms with E-state index in [4.69, 9.17) is 0 Å². The molecule has 0 unspecified atom stereocenters. The molecular weight excluding hydrogens is 202 g/mol. The Kier molecular flexibility index (Phi) is 92.9. The Morgan fingerprint density at radius 2 is 1.25 bits per heavy atom. The van der Waals surface area contributed by atoms with Crippen molar-refractivity contribution in [1.29, 1.82) is 0 Å². The second-order valence-corrected chi connectivity index (χ2v) is 0. The molecule has 0 N–H and O–H groups in total. The van der Waals surface area contributed by atoms with Gasteiger partial charge in [-0.2, -0.15) is 0 Å². The predicted octanol–water partition coefficient (Wildman–Crippen LogP) is -1.19. The molecule has 0 aliphatic carbocycles. The molecule has 0 saturated heterocycles. The van der Waals surface area contributed by atoms with Gasteiger partial charge in [0.1, 0.15) is 0 Å². The Morgan fingerprint density at radius 3 is 1.25 bits per heavy atom. The molecule has 0 aromatic rings. The van der Waals surface area contributed by atoms with Crippen LogP contribution in [0.5, 0.6) is 0 Å². The van der Waals surface area contributed by atoms with Crippen molar-refractivity contribution in [3.8, 4) is 0 Å². The summed E-state index contributed by atoms with van der Waals surface area (Å²) in [5, 5.41) is 0. The van der Waals surface area contributed by atoms with Crippen LogP contribution in [0.2, 0.25) is 0 Å². The van der Waals surface area contributed by atoms with Crippen LogP contribution < -0.4 is 0 Å². The van der Waals surface area contributed by atoms with Gasteiger partial charge in [0.15, 0.2) is 0 Å². The third-order valence-electron chi connectivity index (χ3n) is 0.